The van der Waals surface area contributed by atoms with Crippen molar-refractivity contribution in [3.8, 4) is 0 Å². The first-order valence-corrected chi connectivity index (χ1v) is 6.29. The van der Waals surface area contributed by atoms with E-state index in [1.54, 1.807) is 0 Å². The van der Waals surface area contributed by atoms with Crippen LogP contribution < -0.4 is 34.2 Å². The first kappa shape index (κ1) is 14.8. The molecule has 0 aliphatic heterocycles. The number of nitrogen functional groups attached to an aromatic ring is 2. The number of nitrogens with two attached hydrogens (primary N) is 2. The van der Waals surface area contributed by atoms with Gasteiger partial charge in [0.05, 0.1) is 0 Å². The van der Waals surface area contributed by atoms with Gasteiger partial charge in [0.2, 0.25) is 0 Å². The maximum absolute atomic E-state index is 10.7. The van der Waals surface area contributed by atoms with Gasteiger partial charge in [-0.3, -0.25) is 19.9 Å². The second-order valence-corrected chi connectivity index (χ2v) is 4.52. The van der Waals surface area contributed by atoms with Gasteiger partial charge < -0.3 is 21.4 Å². The van der Waals surface area contributed by atoms with Gasteiger partial charge in [-0.25, -0.2) is 19.2 Å². The lowest BCUT2D eigenvalue weighted by atomic mass is 10.5. The molecule has 0 aliphatic rings. The van der Waals surface area contributed by atoms with E-state index in [1.165, 1.54) is 0 Å². The predicted molar refractivity (Wildman–Crippen MR) is 83.5 cm³/mol. The molecule has 0 amide bonds. The van der Waals surface area contributed by atoms with Crippen molar-refractivity contribution in [1.29, 1.82) is 0 Å². The van der Waals surface area contributed by atoms with Crippen molar-refractivity contribution in [2.75, 3.05) is 11.5 Å². The van der Waals surface area contributed by atoms with Crippen molar-refractivity contribution in [1.82, 2.24) is 39.9 Å². The van der Waals surface area contributed by atoms with E-state index in [-0.39, 0.29) is 22.9 Å². The molecule has 24 heavy (non-hydrogen) atoms. The Hall–Kier alpha value is -4.10. The molecule has 0 fully saturated rings. The molecule has 0 saturated carbocycles. The standard InChI is InChI=1S/2C5H5N5O2/c2*6-2-1-3(9-4(11)7-1)10-5(12)8-2/h2*(H5,6,7,8,9,10,11,12). The van der Waals surface area contributed by atoms with Crippen LogP contribution in [-0.4, -0.2) is 39.9 Å². The summed E-state index contributed by atoms with van der Waals surface area (Å²) in [6.45, 7) is 0. The molecule has 0 atom stereocenters. The molecule has 0 radical (unpaired) electrons. The Labute approximate surface area is 128 Å². The molecule has 14 nitrogen and oxygen atoms in total. The van der Waals surface area contributed by atoms with Crippen molar-refractivity contribution < 1.29 is 0 Å². The second kappa shape index (κ2) is 5.27. The third-order valence-corrected chi connectivity index (χ3v) is 2.86. The van der Waals surface area contributed by atoms with Crippen LogP contribution in [0.5, 0.6) is 0 Å². The van der Waals surface area contributed by atoms with Gasteiger partial charge >= 0.3 is 22.8 Å². The van der Waals surface area contributed by atoms with E-state index in [2.05, 4.69) is 39.9 Å². The molecular weight excluding hydrogens is 324 g/mol. The molecule has 4 aromatic rings. The Morgan fingerprint density at radius 3 is 1.33 bits per heavy atom. The van der Waals surface area contributed by atoms with Crippen LogP contribution in [0.2, 0.25) is 0 Å². The van der Waals surface area contributed by atoms with Crippen molar-refractivity contribution in [3.63, 3.8) is 0 Å². The summed E-state index contributed by atoms with van der Waals surface area (Å²) in [4.78, 5) is 63.8. The monoisotopic (exact) mass is 334 g/mol. The lowest BCUT2D eigenvalue weighted by Crippen LogP contribution is -2.12. The highest BCUT2D eigenvalue weighted by Crippen LogP contribution is 2.06. The zero-order valence-corrected chi connectivity index (χ0v) is 11.7. The Morgan fingerprint density at radius 1 is 0.583 bits per heavy atom. The van der Waals surface area contributed by atoms with Gasteiger partial charge in [0.25, 0.3) is 0 Å². The van der Waals surface area contributed by atoms with Gasteiger partial charge in [-0.2, -0.15) is 9.97 Å². The van der Waals surface area contributed by atoms with Crippen molar-refractivity contribution in [2.24, 2.45) is 0 Å². The summed E-state index contributed by atoms with van der Waals surface area (Å²) >= 11 is 0. The number of fused-ring (bicyclic) bond motifs is 2. The topological polar surface area (TPSA) is 241 Å². The highest BCUT2D eigenvalue weighted by atomic mass is 16.2. The normalized spacial score (nSPS) is 10.7. The first-order chi connectivity index (χ1) is 11.3. The van der Waals surface area contributed by atoms with Crippen LogP contribution in [0.3, 0.4) is 0 Å². The maximum atomic E-state index is 10.7. The molecule has 4 aromatic heterocycles. The molecular formula is C10H10N10O4. The third-order valence-electron chi connectivity index (χ3n) is 2.86. The summed E-state index contributed by atoms with van der Waals surface area (Å²) in [5, 5.41) is 0. The molecule has 0 spiro atoms. The summed E-state index contributed by atoms with van der Waals surface area (Å²) in [5.74, 6) is 0.201. The van der Waals surface area contributed by atoms with E-state index in [9.17, 15) is 19.2 Å². The van der Waals surface area contributed by atoms with Crippen molar-refractivity contribution in [3.05, 3.63) is 41.9 Å². The molecule has 14 heteroatoms. The number of nitrogens with one attached hydrogen (secondary N) is 6. The average molecular weight is 334 g/mol. The van der Waals surface area contributed by atoms with E-state index in [0.29, 0.717) is 11.0 Å². The minimum Gasteiger partial charge on any atom is -0.383 e. The lowest BCUT2D eigenvalue weighted by molar-refractivity contribution is 1.11. The zero-order chi connectivity index (χ0) is 17.4. The van der Waals surface area contributed by atoms with Crippen LogP contribution in [0.25, 0.3) is 22.3 Å². The number of hydrogen-bond donors (Lipinski definition) is 8. The minimum atomic E-state index is -0.588. The van der Waals surface area contributed by atoms with Crippen LogP contribution in [0.4, 0.5) is 11.6 Å². The smallest absolute Gasteiger partial charge is 0.348 e. The highest BCUT2D eigenvalue weighted by molar-refractivity contribution is 5.80. The fourth-order valence-corrected chi connectivity index (χ4v) is 1.92. The predicted octanol–water partition coefficient (Wildman–Crippen LogP) is -2.96. The molecule has 10 N–H and O–H groups in total. The van der Waals surface area contributed by atoms with Gasteiger partial charge in [-0.15, -0.1) is 0 Å². The summed E-state index contributed by atoms with van der Waals surface area (Å²) in [6.07, 6.45) is 0. The van der Waals surface area contributed by atoms with E-state index in [4.69, 9.17) is 11.5 Å². The number of nitrogens with zero attached hydrogens (tertiary/aromatic N) is 2. The van der Waals surface area contributed by atoms with Crippen molar-refractivity contribution in [2.45, 2.75) is 0 Å². The molecule has 0 bridgehead atoms. The number of aromatic amines is 6. The van der Waals surface area contributed by atoms with Gasteiger partial charge in [-0.05, 0) is 0 Å². The molecule has 0 saturated heterocycles. The summed E-state index contributed by atoms with van der Waals surface area (Å²) in [6, 6.07) is 0. The summed E-state index contributed by atoms with van der Waals surface area (Å²) in [7, 11) is 0. The minimum absolute atomic E-state index is 0.100. The number of rotatable bonds is 0. The number of aromatic nitrogens is 8. The second-order valence-electron chi connectivity index (χ2n) is 4.52. The largest absolute Gasteiger partial charge is 0.383 e. The molecule has 0 unspecified atom stereocenters. The lowest BCUT2D eigenvalue weighted by Gasteiger charge is -1.91. The van der Waals surface area contributed by atoms with E-state index in [1.807, 2.05) is 0 Å². The van der Waals surface area contributed by atoms with Gasteiger partial charge in [-0.1, -0.05) is 0 Å². The van der Waals surface area contributed by atoms with Crippen LogP contribution >= 0.6 is 0 Å². The van der Waals surface area contributed by atoms with Crippen LogP contribution in [0, 0.1) is 0 Å². The number of H-pyrrole nitrogens is 6. The molecule has 4 rings (SSSR count). The van der Waals surface area contributed by atoms with Gasteiger partial charge in [0.15, 0.2) is 11.3 Å². The van der Waals surface area contributed by atoms with Crippen LogP contribution in [0.1, 0.15) is 0 Å². The van der Waals surface area contributed by atoms with Crippen LogP contribution in [-0.2, 0) is 0 Å². The molecule has 0 aromatic carbocycles. The fourth-order valence-electron chi connectivity index (χ4n) is 1.92. The number of hydrogen-bond acceptors (Lipinski definition) is 8. The fraction of sp³-hybridized carbons (Fsp3) is 0. The molecule has 4 heterocycles. The van der Waals surface area contributed by atoms with Gasteiger partial charge in [0.1, 0.15) is 22.7 Å². The molecule has 124 valence electrons. The SMILES string of the molecule is Nc1[nH]c(=O)nc2[nH]c(=O)[nH]c12.Nc1[nH]c(=O)nc2[nH]c(=O)[nH]c12. The average Bonchev–Trinajstić information content (AvgIpc) is 3.01. The highest BCUT2D eigenvalue weighted by Gasteiger charge is 2.04. The first-order valence-electron chi connectivity index (χ1n) is 6.29. The maximum Gasteiger partial charge on any atom is 0.348 e. The Morgan fingerprint density at radius 2 is 0.958 bits per heavy atom. The van der Waals surface area contributed by atoms with E-state index >= 15 is 0 Å². The van der Waals surface area contributed by atoms with E-state index in [0.717, 1.165) is 0 Å². The Kier molecular flexibility index (Phi) is 3.25. The Bertz CT molecular complexity index is 1160. The zero-order valence-electron chi connectivity index (χ0n) is 11.7. The molecule has 0 aliphatic carbocycles. The number of imidazole rings is 2. The Balaban J connectivity index is 0.000000141. The van der Waals surface area contributed by atoms with Crippen molar-refractivity contribution >= 4 is 34.0 Å². The number of anilines is 2. The van der Waals surface area contributed by atoms with Crippen LogP contribution in [0.15, 0.2) is 19.2 Å². The quantitative estimate of drug-likeness (QED) is 0.165. The third kappa shape index (κ3) is 2.65. The van der Waals surface area contributed by atoms with Gasteiger partial charge in [0, 0.05) is 0 Å². The summed E-state index contributed by atoms with van der Waals surface area (Å²) < 4.78 is 0. The van der Waals surface area contributed by atoms with E-state index < -0.39 is 22.8 Å². The summed E-state index contributed by atoms with van der Waals surface area (Å²) in [5.41, 5.74) is 9.68.